The lowest BCUT2D eigenvalue weighted by Crippen LogP contribution is -2.51. The number of carboxylic acids is 1. The summed E-state index contributed by atoms with van der Waals surface area (Å²) >= 11 is 0. The Morgan fingerprint density at radius 2 is 1.70 bits per heavy atom. The van der Waals surface area contributed by atoms with E-state index in [2.05, 4.69) is 10.6 Å². The fraction of sp³-hybridized carbons (Fsp3) is 0.375. The third kappa shape index (κ3) is 6.73. The number of carboxylic acid groups (broad SMARTS) is 1. The van der Waals surface area contributed by atoms with E-state index < -0.39 is 29.9 Å². The molecule has 0 bridgehead atoms. The first-order chi connectivity index (χ1) is 10.8. The maximum Gasteiger partial charge on any atom is 0.326 e. The van der Waals surface area contributed by atoms with Crippen molar-refractivity contribution >= 4 is 23.6 Å². The lowest BCUT2D eigenvalue weighted by Gasteiger charge is -2.18. The van der Waals surface area contributed by atoms with E-state index in [9.17, 15) is 24.3 Å². The number of hydrogen-bond donors (Lipinski definition) is 3. The van der Waals surface area contributed by atoms with Crippen LogP contribution in [-0.2, 0) is 25.6 Å². The zero-order valence-electron chi connectivity index (χ0n) is 13.0. The van der Waals surface area contributed by atoms with Crippen LogP contribution in [0.4, 0.5) is 0 Å². The highest BCUT2D eigenvalue weighted by molar-refractivity contribution is 5.98. The number of benzene rings is 1. The summed E-state index contributed by atoms with van der Waals surface area (Å²) in [5.41, 5.74) is 0.772. The van der Waals surface area contributed by atoms with Crippen molar-refractivity contribution in [2.45, 2.75) is 38.8 Å². The number of rotatable bonds is 8. The number of Topliss-reactive ketones (excluding diaryl/α,β-unsaturated/α-hetero) is 1. The quantitative estimate of drug-likeness (QED) is 0.596. The molecule has 0 saturated heterocycles. The summed E-state index contributed by atoms with van der Waals surface area (Å²) in [4.78, 5) is 45.6. The SMILES string of the molecule is CC(=O)CC(=O)N[C@@H](C)C(=O)N[C@@H](Cc1ccccc1)C(=O)O. The Hall–Kier alpha value is -2.70. The molecule has 1 aromatic carbocycles. The van der Waals surface area contributed by atoms with E-state index in [0.717, 1.165) is 5.56 Å². The highest BCUT2D eigenvalue weighted by Gasteiger charge is 2.24. The molecule has 0 radical (unpaired) electrons. The fourth-order valence-electron chi connectivity index (χ4n) is 1.93. The van der Waals surface area contributed by atoms with Crippen molar-refractivity contribution in [2.24, 2.45) is 0 Å². The van der Waals surface area contributed by atoms with Crippen molar-refractivity contribution in [1.82, 2.24) is 10.6 Å². The molecule has 7 heteroatoms. The van der Waals surface area contributed by atoms with Crippen LogP contribution >= 0.6 is 0 Å². The average molecular weight is 320 g/mol. The molecule has 1 rings (SSSR count). The van der Waals surface area contributed by atoms with Crippen molar-refractivity contribution in [3.05, 3.63) is 35.9 Å². The number of nitrogens with one attached hydrogen (secondary N) is 2. The monoisotopic (exact) mass is 320 g/mol. The largest absolute Gasteiger partial charge is 0.480 e. The molecular weight excluding hydrogens is 300 g/mol. The molecule has 0 aliphatic heterocycles. The lowest BCUT2D eigenvalue weighted by atomic mass is 10.1. The number of carbonyl (C=O) groups excluding carboxylic acids is 3. The minimum atomic E-state index is -1.16. The molecule has 2 atom stereocenters. The summed E-state index contributed by atoms with van der Waals surface area (Å²) in [6.45, 7) is 2.69. The first-order valence-corrected chi connectivity index (χ1v) is 7.15. The summed E-state index contributed by atoms with van der Waals surface area (Å²) < 4.78 is 0. The first-order valence-electron chi connectivity index (χ1n) is 7.15. The van der Waals surface area contributed by atoms with E-state index in [1.165, 1.54) is 13.8 Å². The molecule has 0 aliphatic rings. The minimum absolute atomic E-state index is 0.135. The third-order valence-corrected chi connectivity index (χ3v) is 3.08. The summed E-state index contributed by atoms with van der Waals surface area (Å²) in [7, 11) is 0. The van der Waals surface area contributed by atoms with Crippen LogP contribution in [0.3, 0.4) is 0 Å². The van der Waals surface area contributed by atoms with Gasteiger partial charge in [-0.25, -0.2) is 4.79 Å². The Balaban J connectivity index is 2.61. The van der Waals surface area contributed by atoms with Gasteiger partial charge in [0.15, 0.2) is 0 Å². The molecule has 2 amide bonds. The van der Waals surface area contributed by atoms with Gasteiger partial charge in [-0.05, 0) is 19.4 Å². The van der Waals surface area contributed by atoms with Crippen LogP contribution in [0, 0.1) is 0 Å². The van der Waals surface area contributed by atoms with Crippen molar-refractivity contribution in [3.63, 3.8) is 0 Å². The molecule has 3 N–H and O–H groups in total. The van der Waals surface area contributed by atoms with Gasteiger partial charge in [0, 0.05) is 6.42 Å². The van der Waals surface area contributed by atoms with Gasteiger partial charge in [-0.2, -0.15) is 0 Å². The van der Waals surface area contributed by atoms with Crippen LogP contribution in [0.5, 0.6) is 0 Å². The second kappa shape index (κ2) is 8.67. The van der Waals surface area contributed by atoms with Gasteiger partial charge in [0.2, 0.25) is 11.8 Å². The number of aliphatic carboxylic acids is 1. The van der Waals surface area contributed by atoms with Crippen molar-refractivity contribution in [1.29, 1.82) is 0 Å². The van der Waals surface area contributed by atoms with E-state index in [1.807, 2.05) is 6.07 Å². The maximum absolute atomic E-state index is 12.0. The Bertz CT molecular complexity index is 585. The Morgan fingerprint density at radius 3 is 2.22 bits per heavy atom. The van der Waals surface area contributed by atoms with Crippen molar-refractivity contribution in [2.75, 3.05) is 0 Å². The number of carbonyl (C=O) groups is 4. The van der Waals surface area contributed by atoms with Crippen LogP contribution < -0.4 is 10.6 Å². The van der Waals surface area contributed by atoms with Gasteiger partial charge in [-0.15, -0.1) is 0 Å². The predicted molar refractivity (Wildman–Crippen MR) is 82.6 cm³/mol. The summed E-state index contributed by atoms with van der Waals surface area (Å²) in [6.07, 6.45) is -0.181. The van der Waals surface area contributed by atoms with Gasteiger partial charge in [-0.1, -0.05) is 30.3 Å². The molecule has 7 nitrogen and oxygen atoms in total. The van der Waals surface area contributed by atoms with Gasteiger partial charge in [-0.3, -0.25) is 14.4 Å². The highest BCUT2D eigenvalue weighted by Crippen LogP contribution is 2.04. The number of ketones is 1. The Labute approximate surface area is 134 Å². The Morgan fingerprint density at radius 1 is 1.09 bits per heavy atom. The van der Waals surface area contributed by atoms with Crippen molar-refractivity contribution in [3.8, 4) is 0 Å². The molecule has 0 aliphatic carbocycles. The van der Waals surface area contributed by atoms with Crippen LogP contribution in [0.15, 0.2) is 30.3 Å². The van der Waals surface area contributed by atoms with E-state index >= 15 is 0 Å². The summed E-state index contributed by atoms with van der Waals surface area (Å²) in [6, 6.07) is 6.86. The van der Waals surface area contributed by atoms with Crippen LogP contribution in [-0.4, -0.2) is 40.8 Å². The van der Waals surface area contributed by atoms with E-state index in [4.69, 9.17) is 0 Å². The second-order valence-corrected chi connectivity index (χ2v) is 5.26. The van der Waals surface area contributed by atoms with Gasteiger partial charge >= 0.3 is 5.97 Å². The third-order valence-electron chi connectivity index (χ3n) is 3.08. The van der Waals surface area contributed by atoms with Gasteiger partial charge in [0.05, 0.1) is 6.42 Å². The first kappa shape index (κ1) is 18.3. The maximum atomic E-state index is 12.0. The second-order valence-electron chi connectivity index (χ2n) is 5.26. The molecular formula is C16H20N2O5. The topological polar surface area (TPSA) is 113 Å². The average Bonchev–Trinajstić information content (AvgIpc) is 2.46. The highest BCUT2D eigenvalue weighted by atomic mass is 16.4. The predicted octanol–water partition coefficient (Wildman–Crippen LogP) is 0.282. The molecule has 0 aromatic heterocycles. The van der Waals surface area contributed by atoms with Crippen LogP contribution in [0.25, 0.3) is 0 Å². The van der Waals surface area contributed by atoms with Crippen molar-refractivity contribution < 1.29 is 24.3 Å². The molecule has 124 valence electrons. The molecule has 0 unspecified atom stereocenters. The zero-order valence-corrected chi connectivity index (χ0v) is 13.0. The van der Waals surface area contributed by atoms with Gasteiger partial charge in [0.1, 0.15) is 17.9 Å². The molecule has 0 spiro atoms. The number of amides is 2. The Kier molecular flexibility index (Phi) is 6.92. The lowest BCUT2D eigenvalue weighted by molar-refractivity contribution is -0.142. The zero-order chi connectivity index (χ0) is 17.4. The molecule has 0 heterocycles. The van der Waals surface area contributed by atoms with Crippen LogP contribution in [0.1, 0.15) is 25.8 Å². The van der Waals surface area contributed by atoms with Gasteiger partial charge in [0.25, 0.3) is 0 Å². The van der Waals surface area contributed by atoms with Crippen LogP contribution in [0.2, 0.25) is 0 Å². The molecule has 0 saturated carbocycles. The summed E-state index contributed by atoms with van der Waals surface area (Å²) in [5.74, 6) is -2.67. The normalized spacial score (nSPS) is 12.8. The smallest absolute Gasteiger partial charge is 0.326 e. The molecule has 0 fully saturated rings. The number of hydrogen-bond acceptors (Lipinski definition) is 4. The van der Waals surface area contributed by atoms with E-state index in [-0.39, 0.29) is 18.6 Å². The molecule has 23 heavy (non-hydrogen) atoms. The minimum Gasteiger partial charge on any atom is -0.480 e. The summed E-state index contributed by atoms with van der Waals surface area (Å²) in [5, 5.41) is 14.0. The fourth-order valence-corrected chi connectivity index (χ4v) is 1.93. The molecule has 1 aromatic rings. The van der Waals surface area contributed by atoms with E-state index in [1.54, 1.807) is 24.3 Å². The van der Waals surface area contributed by atoms with E-state index in [0.29, 0.717) is 0 Å². The standard InChI is InChI=1S/C16H20N2O5/c1-10(19)8-14(20)17-11(2)15(21)18-13(16(22)23)9-12-6-4-3-5-7-12/h3-7,11,13H,8-9H2,1-2H3,(H,17,20)(H,18,21)(H,22,23)/t11-,13-/m0/s1. The van der Waals surface area contributed by atoms with Gasteiger partial charge < -0.3 is 15.7 Å².